The van der Waals surface area contributed by atoms with E-state index >= 15 is 0 Å². The fourth-order valence-electron chi connectivity index (χ4n) is 3.02. The summed E-state index contributed by atoms with van der Waals surface area (Å²) in [4.78, 5) is 13.0. The number of aliphatic hydroxyl groups is 1. The molecule has 5 heteroatoms. The number of Topliss-reactive ketones (excluding diaryl/α,β-unsaturated/α-hetero) is 1. The van der Waals surface area contributed by atoms with Crippen molar-refractivity contribution >= 4 is 18.4 Å². The number of carbonyl (C=O) groups is 1. The van der Waals surface area contributed by atoms with Crippen molar-refractivity contribution < 1.29 is 14.6 Å². The molecule has 23 heavy (non-hydrogen) atoms. The summed E-state index contributed by atoms with van der Waals surface area (Å²) < 4.78 is 6.09. The molecule has 0 bridgehead atoms. The van der Waals surface area contributed by atoms with Gasteiger partial charge in [-0.25, -0.2) is 0 Å². The van der Waals surface area contributed by atoms with Gasteiger partial charge in [0.15, 0.2) is 0 Å². The van der Waals surface area contributed by atoms with Crippen LogP contribution in [-0.2, 0) is 16.8 Å². The van der Waals surface area contributed by atoms with E-state index in [1.54, 1.807) is 18.2 Å². The number of aliphatic hydroxyl groups excluding tert-OH is 1. The van der Waals surface area contributed by atoms with Crippen molar-refractivity contribution in [1.82, 2.24) is 0 Å². The van der Waals surface area contributed by atoms with Crippen molar-refractivity contribution in [3.63, 3.8) is 0 Å². The zero-order chi connectivity index (χ0) is 16.4. The first kappa shape index (κ1) is 16.1. The van der Waals surface area contributed by atoms with Crippen LogP contribution < -0.4 is 10.5 Å². The molecule has 0 aliphatic carbocycles. The normalized spacial score (nSPS) is 24.4. The smallest absolute Gasteiger partial charge is 0.219 e. The SMILES string of the molecule is N[C@@H](CS)C(=O)C1(c2ccccc2)Oc2ccccc2CC1O. The Morgan fingerprint density at radius 1 is 1.26 bits per heavy atom. The molecule has 0 fully saturated rings. The molecule has 4 nitrogen and oxygen atoms in total. The van der Waals surface area contributed by atoms with E-state index in [0.29, 0.717) is 17.7 Å². The molecule has 2 aromatic rings. The van der Waals surface area contributed by atoms with Crippen molar-refractivity contribution in [2.24, 2.45) is 5.73 Å². The summed E-state index contributed by atoms with van der Waals surface area (Å²) in [6.45, 7) is 0. The quantitative estimate of drug-likeness (QED) is 0.747. The van der Waals surface area contributed by atoms with Crippen LogP contribution in [0.15, 0.2) is 54.6 Å². The van der Waals surface area contributed by atoms with E-state index in [-0.39, 0.29) is 11.5 Å². The number of fused-ring (bicyclic) bond motifs is 1. The second-order valence-electron chi connectivity index (χ2n) is 5.68. The summed E-state index contributed by atoms with van der Waals surface area (Å²) in [7, 11) is 0. The van der Waals surface area contributed by atoms with Gasteiger partial charge < -0.3 is 15.6 Å². The standard InChI is InChI=1S/C18H19NO3S/c19-14(11-23)17(21)18(13-7-2-1-3-8-13)16(20)10-12-6-4-5-9-15(12)22-18/h1-9,14,16,20,23H,10-11,19H2/t14-,16?,18?/m0/s1. The van der Waals surface area contributed by atoms with Gasteiger partial charge in [-0.1, -0.05) is 48.5 Å². The van der Waals surface area contributed by atoms with E-state index in [0.717, 1.165) is 5.56 Å². The number of para-hydroxylation sites is 1. The fourth-order valence-corrected chi connectivity index (χ4v) is 3.18. The van der Waals surface area contributed by atoms with Gasteiger partial charge in [-0.3, -0.25) is 4.79 Å². The van der Waals surface area contributed by atoms with Gasteiger partial charge in [0.1, 0.15) is 11.9 Å². The molecule has 0 spiro atoms. The summed E-state index contributed by atoms with van der Waals surface area (Å²) in [6.07, 6.45) is -0.686. The zero-order valence-corrected chi connectivity index (χ0v) is 13.4. The first-order valence-corrected chi connectivity index (χ1v) is 8.14. The minimum Gasteiger partial charge on any atom is -0.472 e. The van der Waals surface area contributed by atoms with Crippen molar-refractivity contribution in [2.75, 3.05) is 5.75 Å². The molecular weight excluding hydrogens is 310 g/mol. The lowest BCUT2D eigenvalue weighted by Crippen LogP contribution is -2.59. The molecule has 0 saturated heterocycles. The molecule has 2 unspecified atom stereocenters. The first-order chi connectivity index (χ1) is 11.1. The Hall–Kier alpha value is -1.82. The van der Waals surface area contributed by atoms with Crippen LogP contribution in [0.25, 0.3) is 0 Å². The number of hydrogen-bond donors (Lipinski definition) is 3. The van der Waals surface area contributed by atoms with Crippen LogP contribution in [-0.4, -0.2) is 28.8 Å². The third-order valence-corrected chi connectivity index (χ3v) is 4.62. The fraction of sp³-hybridized carbons (Fsp3) is 0.278. The summed E-state index contributed by atoms with van der Waals surface area (Å²) in [5.74, 6) is 0.424. The third-order valence-electron chi connectivity index (χ3n) is 4.23. The molecular formula is C18H19NO3S. The van der Waals surface area contributed by atoms with Crippen LogP contribution in [0, 0.1) is 0 Å². The largest absolute Gasteiger partial charge is 0.472 e. The Morgan fingerprint density at radius 3 is 2.61 bits per heavy atom. The number of carbonyl (C=O) groups excluding carboxylic acids is 1. The lowest BCUT2D eigenvalue weighted by atomic mass is 9.77. The summed E-state index contributed by atoms with van der Waals surface area (Å²) in [6, 6.07) is 15.6. The molecule has 2 aromatic carbocycles. The highest BCUT2D eigenvalue weighted by Crippen LogP contribution is 2.41. The lowest BCUT2D eigenvalue weighted by molar-refractivity contribution is -0.150. The number of thiol groups is 1. The Morgan fingerprint density at radius 2 is 1.91 bits per heavy atom. The van der Waals surface area contributed by atoms with Crippen LogP contribution in [0.2, 0.25) is 0 Å². The maximum Gasteiger partial charge on any atom is 0.219 e. The molecule has 120 valence electrons. The van der Waals surface area contributed by atoms with Gasteiger partial charge in [0.2, 0.25) is 11.4 Å². The van der Waals surface area contributed by atoms with E-state index in [9.17, 15) is 9.90 Å². The average molecular weight is 329 g/mol. The molecule has 3 atom stereocenters. The van der Waals surface area contributed by atoms with E-state index in [1.165, 1.54) is 0 Å². The van der Waals surface area contributed by atoms with Crippen LogP contribution in [0.1, 0.15) is 11.1 Å². The van der Waals surface area contributed by atoms with Crippen molar-refractivity contribution in [1.29, 1.82) is 0 Å². The van der Waals surface area contributed by atoms with Gasteiger partial charge in [0, 0.05) is 17.7 Å². The molecule has 0 radical (unpaired) electrons. The maximum atomic E-state index is 13.0. The van der Waals surface area contributed by atoms with Crippen molar-refractivity contribution in [3.8, 4) is 5.75 Å². The molecule has 1 heterocycles. The van der Waals surface area contributed by atoms with E-state index < -0.39 is 17.7 Å². The third kappa shape index (κ3) is 2.65. The Balaban J connectivity index is 2.15. The van der Waals surface area contributed by atoms with Crippen LogP contribution >= 0.6 is 12.6 Å². The second-order valence-corrected chi connectivity index (χ2v) is 6.05. The highest BCUT2D eigenvalue weighted by molar-refractivity contribution is 7.80. The van der Waals surface area contributed by atoms with Gasteiger partial charge in [0.25, 0.3) is 0 Å². The number of ether oxygens (including phenoxy) is 1. The van der Waals surface area contributed by atoms with Crippen LogP contribution in [0.5, 0.6) is 5.75 Å². The molecule has 3 N–H and O–H groups in total. The minimum absolute atomic E-state index is 0.186. The van der Waals surface area contributed by atoms with Gasteiger partial charge in [-0.2, -0.15) is 12.6 Å². The minimum atomic E-state index is -1.50. The maximum absolute atomic E-state index is 13.0. The molecule has 1 aliphatic rings. The summed E-state index contributed by atoms with van der Waals surface area (Å²) >= 11 is 4.13. The van der Waals surface area contributed by atoms with E-state index in [1.807, 2.05) is 36.4 Å². The molecule has 1 aliphatic heterocycles. The Bertz CT molecular complexity index is 706. The molecule has 0 saturated carbocycles. The van der Waals surface area contributed by atoms with Crippen molar-refractivity contribution in [3.05, 3.63) is 65.7 Å². The van der Waals surface area contributed by atoms with Crippen molar-refractivity contribution in [2.45, 2.75) is 24.2 Å². The van der Waals surface area contributed by atoms with E-state index in [2.05, 4.69) is 12.6 Å². The second kappa shape index (κ2) is 6.35. The zero-order valence-electron chi connectivity index (χ0n) is 12.6. The predicted molar refractivity (Wildman–Crippen MR) is 91.7 cm³/mol. The Kier molecular flexibility index (Phi) is 4.43. The number of nitrogens with two attached hydrogens (primary N) is 1. The predicted octanol–water partition coefficient (Wildman–Crippen LogP) is 1.70. The topological polar surface area (TPSA) is 72.6 Å². The van der Waals surface area contributed by atoms with Crippen LogP contribution in [0.3, 0.4) is 0 Å². The lowest BCUT2D eigenvalue weighted by Gasteiger charge is -2.42. The number of benzene rings is 2. The van der Waals surface area contributed by atoms with Gasteiger partial charge in [0.05, 0.1) is 6.04 Å². The van der Waals surface area contributed by atoms with Gasteiger partial charge >= 0.3 is 0 Å². The molecule has 0 aromatic heterocycles. The number of rotatable bonds is 4. The molecule has 3 rings (SSSR count). The molecule has 0 amide bonds. The summed E-state index contributed by atoms with van der Waals surface area (Å²) in [5.41, 5.74) is 5.91. The number of hydrogen-bond acceptors (Lipinski definition) is 5. The van der Waals surface area contributed by atoms with Gasteiger partial charge in [-0.15, -0.1) is 0 Å². The van der Waals surface area contributed by atoms with Crippen LogP contribution in [0.4, 0.5) is 0 Å². The van der Waals surface area contributed by atoms with E-state index in [4.69, 9.17) is 10.5 Å². The highest BCUT2D eigenvalue weighted by atomic mass is 32.1. The Labute approximate surface area is 140 Å². The van der Waals surface area contributed by atoms with Gasteiger partial charge in [-0.05, 0) is 11.6 Å². The average Bonchev–Trinajstić information content (AvgIpc) is 2.60. The first-order valence-electron chi connectivity index (χ1n) is 7.51. The summed E-state index contributed by atoms with van der Waals surface area (Å²) in [5, 5.41) is 10.8. The monoisotopic (exact) mass is 329 g/mol. The number of ketones is 1. The highest BCUT2D eigenvalue weighted by Gasteiger charge is 2.53.